The largest absolute Gasteiger partial charge is 0.324 e. The topological polar surface area (TPSA) is 42.3 Å². The van der Waals surface area contributed by atoms with Crippen LogP contribution in [0.3, 0.4) is 0 Å². The van der Waals surface area contributed by atoms with Gasteiger partial charge in [-0.05, 0) is 42.5 Å². The summed E-state index contributed by atoms with van der Waals surface area (Å²) < 4.78 is 1.96. The maximum Gasteiger partial charge on any atom is 0.258 e. The molecule has 2 heterocycles. The van der Waals surface area contributed by atoms with Crippen molar-refractivity contribution in [1.29, 1.82) is 0 Å². The summed E-state index contributed by atoms with van der Waals surface area (Å²) in [6.45, 7) is 0.419. The Balaban J connectivity index is 1.71. The van der Waals surface area contributed by atoms with Crippen LogP contribution in [0, 0.1) is 0 Å². The Labute approximate surface area is 140 Å². The average Bonchev–Trinajstić information content (AvgIpc) is 3.17. The first-order valence-corrected chi connectivity index (χ1v) is 7.91. The molecule has 0 radical (unpaired) electrons. The molecule has 24 heavy (non-hydrogen) atoms. The summed E-state index contributed by atoms with van der Waals surface area (Å²) in [5, 5.41) is 0. The fourth-order valence-electron chi connectivity index (χ4n) is 3.09. The standard InChI is InChI=1S/C20H16N2O2/c23-19-10-13-22(18-9-2-1-8-17(18)19)20(24)15-6-5-7-16(14-15)21-11-3-4-12-21/h1-9,11-12,14H,10,13H2. The number of hydrogen-bond donors (Lipinski definition) is 0. The van der Waals surface area contributed by atoms with E-state index in [0.29, 0.717) is 29.8 Å². The Bertz CT molecular complexity index is 913. The normalized spacial score (nSPS) is 13.7. The summed E-state index contributed by atoms with van der Waals surface area (Å²) >= 11 is 0. The van der Waals surface area contributed by atoms with E-state index in [2.05, 4.69) is 0 Å². The molecule has 4 heteroatoms. The maximum absolute atomic E-state index is 13.0. The van der Waals surface area contributed by atoms with Crippen LogP contribution >= 0.6 is 0 Å². The molecule has 0 saturated heterocycles. The molecular formula is C20H16N2O2. The lowest BCUT2D eigenvalue weighted by Gasteiger charge is -2.28. The van der Waals surface area contributed by atoms with Gasteiger partial charge in [0, 0.05) is 42.2 Å². The molecule has 0 unspecified atom stereocenters. The number of Topliss-reactive ketones (excluding diaryl/α,β-unsaturated/α-hetero) is 1. The van der Waals surface area contributed by atoms with Crippen molar-refractivity contribution in [3.8, 4) is 5.69 Å². The second-order valence-corrected chi connectivity index (χ2v) is 5.79. The highest BCUT2D eigenvalue weighted by Gasteiger charge is 2.27. The first-order chi connectivity index (χ1) is 11.7. The van der Waals surface area contributed by atoms with E-state index < -0.39 is 0 Å². The predicted molar refractivity (Wildman–Crippen MR) is 92.8 cm³/mol. The highest BCUT2D eigenvalue weighted by atomic mass is 16.2. The summed E-state index contributed by atoms with van der Waals surface area (Å²) in [5.74, 6) is 0.0136. The van der Waals surface area contributed by atoms with Gasteiger partial charge in [0.2, 0.25) is 0 Å². The number of carbonyl (C=O) groups excluding carboxylic acids is 2. The summed E-state index contributed by atoms with van der Waals surface area (Å²) in [7, 11) is 0. The number of ketones is 1. The summed E-state index contributed by atoms with van der Waals surface area (Å²) in [6.07, 6.45) is 4.25. The van der Waals surface area contributed by atoms with Gasteiger partial charge in [0.05, 0.1) is 5.69 Å². The molecule has 4 rings (SSSR count). The predicted octanol–water partition coefficient (Wildman–Crippen LogP) is 3.71. The molecule has 0 aliphatic carbocycles. The lowest BCUT2D eigenvalue weighted by Crippen LogP contribution is -2.37. The summed E-state index contributed by atoms with van der Waals surface area (Å²) in [6, 6.07) is 18.7. The lowest BCUT2D eigenvalue weighted by atomic mass is 9.99. The minimum absolute atomic E-state index is 0.0797. The van der Waals surface area contributed by atoms with Gasteiger partial charge in [-0.2, -0.15) is 0 Å². The number of para-hydroxylation sites is 1. The highest BCUT2D eigenvalue weighted by Crippen LogP contribution is 2.28. The number of rotatable bonds is 2. The number of aromatic nitrogens is 1. The van der Waals surface area contributed by atoms with Crippen LogP contribution in [0.1, 0.15) is 27.1 Å². The van der Waals surface area contributed by atoms with Gasteiger partial charge in [0.25, 0.3) is 5.91 Å². The van der Waals surface area contributed by atoms with Crippen LogP contribution in [-0.2, 0) is 0 Å². The molecule has 0 spiro atoms. The minimum Gasteiger partial charge on any atom is -0.324 e. The van der Waals surface area contributed by atoms with E-state index in [1.807, 2.05) is 71.6 Å². The number of fused-ring (bicyclic) bond motifs is 1. The minimum atomic E-state index is -0.0797. The van der Waals surface area contributed by atoms with Crippen LogP contribution in [-0.4, -0.2) is 22.8 Å². The number of amides is 1. The van der Waals surface area contributed by atoms with Gasteiger partial charge in [0.1, 0.15) is 0 Å². The van der Waals surface area contributed by atoms with E-state index in [9.17, 15) is 9.59 Å². The SMILES string of the molecule is O=C1CCN(C(=O)c2cccc(-n3cccc3)c2)c2ccccc21. The summed E-state index contributed by atoms with van der Waals surface area (Å²) in [4.78, 5) is 26.8. The van der Waals surface area contributed by atoms with E-state index in [1.54, 1.807) is 11.0 Å². The molecular weight excluding hydrogens is 300 g/mol. The van der Waals surface area contributed by atoms with Crippen LogP contribution in [0.5, 0.6) is 0 Å². The Hall–Kier alpha value is -3.14. The molecule has 0 fully saturated rings. The first-order valence-electron chi connectivity index (χ1n) is 7.91. The Morgan fingerprint density at radius 1 is 0.917 bits per heavy atom. The van der Waals surface area contributed by atoms with Crippen molar-refractivity contribution < 1.29 is 9.59 Å². The van der Waals surface area contributed by atoms with Gasteiger partial charge in [-0.1, -0.05) is 18.2 Å². The molecule has 118 valence electrons. The van der Waals surface area contributed by atoms with Gasteiger partial charge >= 0.3 is 0 Å². The van der Waals surface area contributed by atoms with Crippen molar-refractivity contribution >= 4 is 17.4 Å². The number of anilines is 1. The van der Waals surface area contributed by atoms with E-state index >= 15 is 0 Å². The Morgan fingerprint density at radius 3 is 2.54 bits per heavy atom. The third kappa shape index (κ3) is 2.42. The molecule has 1 aliphatic rings. The zero-order chi connectivity index (χ0) is 16.5. The highest BCUT2D eigenvalue weighted by molar-refractivity contribution is 6.13. The van der Waals surface area contributed by atoms with Gasteiger partial charge in [-0.15, -0.1) is 0 Å². The number of benzene rings is 2. The zero-order valence-electron chi connectivity index (χ0n) is 13.1. The number of nitrogens with zero attached hydrogens (tertiary/aromatic N) is 2. The van der Waals surface area contributed by atoms with E-state index in [4.69, 9.17) is 0 Å². The third-order valence-electron chi connectivity index (χ3n) is 4.30. The maximum atomic E-state index is 13.0. The molecule has 1 aliphatic heterocycles. The summed E-state index contributed by atoms with van der Waals surface area (Å²) in [5.41, 5.74) is 2.88. The van der Waals surface area contributed by atoms with Crippen LogP contribution in [0.25, 0.3) is 5.69 Å². The second-order valence-electron chi connectivity index (χ2n) is 5.79. The van der Waals surface area contributed by atoms with Crippen molar-refractivity contribution in [2.24, 2.45) is 0 Å². The number of carbonyl (C=O) groups is 2. The lowest BCUT2D eigenvalue weighted by molar-refractivity contribution is 0.0955. The van der Waals surface area contributed by atoms with Crippen molar-refractivity contribution in [3.05, 3.63) is 84.2 Å². The van der Waals surface area contributed by atoms with Crippen LogP contribution in [0.4, 0.5) is 5.69 Å². The van der Waals surface area contributed by atoms with Gasteiger partial charge in [-0.25, -0.2) is 0 Å². The molecule has 0 bridgehead atoms. The van der Waals surface area contributed by atoms with Crippen molar-refractivity contribution in [2.45, 2.75) is 6.42 Å². The fourth-order valence-corrected chi connectivity index (χ4v) is 3.09. The molecule has 3 aromatic rings. The quantitative estimate of drug-likeness (QED) is 0.723. The average molecular weight is 316 g/mol. The fraction of sp³-hybridized carbons (Fsp3) is 0.100. The number of hydrogen-bond acceptors (Lipinski definition) is 2. The Morgan fingerprint density at radius 2 is 1.71 bits per heavy atom. The van der Waals surface area contributed by atoms with Gasteiger partial charge in [-0.3, -0.25) is 9.59 Å². The first kappa shape index (κ1) is 14.5. The Kier molecular flexibility index (Phi) is 3.50. The molecule has 2 aromatic carbocycles. The van der Waals surface area contributed by atoms with Crippen molar-refractivity contribution in [1.82, 2.24) is 4.57 Å². The van der Waals surface area contributed by atoms with Crippen molar-refractivity contribution in [3.63, 3.8) is 0 Å². The molecule has 0 saturated carbocycles. The van der Waals surface area contributed by atoms with E-state index in [0.717, 1.165) is 5.69 Å². The molecule has 0 atom stereocenters. The van der Waals surface area contributed by atoms with Crippen molar-refractivity contribution in [2.75, 3.05) is 11.4 Å². The zero-order valence-corrected chi connectivity index (χ0v) is 13.1. The third-order valence-corrected chi connectivity index (χ3v) is 4.30. The molecule has 4 nitrogen and oxygen atoms in total. The van der Waals surface area contributed by atoms with Gasteiger partial charge in [0.15, 0.2) is 5.78 Å². The van der Waals surface area contributed by atoms with Gasteiger partial charge < -0.3 is 9.47 Å². The van der Waals surface area contributed by atoms with E-state index in [1.165, 1.54) is 0 Å². The smallest absolute Gasteiger partial charge is 0.258 e. The second kappa shape index (κ2) is 5.81. The molecule has 0 N–H and O–H groups in total. The molecule has 1 aromatic heterocycles. The van der Waals surface area contributed by atoms with E-state index in [-0.39, 0.29) is 11.7 Å². The monoisotopic (exact) mass is 316 g/mol. The molecule has 1 amide bonds. The van der Waals surface area contributed by atoms with Crippen LogP contribution in [0.15, 0.2) is 73.1 Å². The van der Waals surface area contributed by atoms with Crippen LogP contribution < -0.4 is 4.90 Å². The van der Waals surface area contributed by atoms with Crippen LogP contribution in [0.2, 0.25) is 0 Å².